The average molecular weight is 176 g/mol. The Kier molecular flexibility index (Phi) is 2.23. The molecule has 0 heterocycles. The van der Waals surface area contributed by atoms with Gasteiger partial charge in [0.2, 0.25) is 0 Å². The van der Waals surface area contributed by atoms with Gasteiger partial charge >= 0.3 is 0 Å². The first kappa shape index (κ1) is 8.57. The fraction of sp³-hybridized carbons (Fsp3) is 0.455. The smallest absolute Gasteiger partial charge is 0.0346 e. The molecule has 0 atom stereocenters. The summed E-state index contributed by atoms with van der Waals surface area (Å²) in [6, 6.07) is 6.88. The molecule has 1 aromatic rings. The van der Waals surface area contributed by atoms with Gasteiger partial charge in [0, 0.05) is 18.3 Å². The molecule has 1 aliphatic carbocycles. The van der Waals surface area contributed by atoms with Gasteiger partial charge in [-0.25, -0.2) is 0 Å². The molecule has 1 aliphatic rings. The topological polar surface area (TPSA) is 38.0 Å². The summed E-state index contributed by atoms with van der Waals surface area (Å²) in [7, 11) is 0. The van der Waals surface area contributed by atoms with Crippen LogP contribution >= 0.6 is 0 Å². The first-order valence-electron chi connectivity index (χ1n) is 4.84. The molecule has 0 radical (unpaired) electrons. The third kappa shape index (κ3) is 2.01. The second-order valence-corrected chi connectivity index (χ2v) is 3.79. The Bertz CT molecular complexity index is 303. The molecule has 2 rings (SSSR count). The zero-order chi connectivity index (χ0) is 9.26. The number of nitrogens with one attached hydrogen (secondary N) is 1. The summed E-state index contributed by atoms with van der Waals surface area (Å²) >= 11 is 0. The molecule has 0 spiro atoms. The summed E-state index contributed by atoms with van der Waals surface area (Å²) in [4.78, 5) is 0. The maximum absolute atomic E-state index is 5.81. The van der Waals surface area contributed by atoms with E-state index in [2.05, 4.69) is 18.3 Å². The maximum atomic E-state index is 5.81. The SMILES string of the molecule is Cc1c(N)cccc1CNC1CC1. The van der Waals surface area contributed by atoms with Crippen molar-refractivity contribution < 1.29 is 0 Å². The molecule has 1 aromatic carbocycles. The third-order valence-corrected chi connectivity index (χ3v) is 2.65. The molecule has 1 fully saturated rings. The van der Waals surface area contributed by atoms with Gasteiger partial charge in [0.15, 0.2) is 0 Å². The van der Waals surface area contributed by atoms with E-state index in [0.29, 0.717) is 0 Å². The zero-order valence-corrected chi connectivity index (χ0v) is 8.01. The van der Waals surface area contributed by atoms with Crippen LogP contribution in [0.5, 0.6) is 0 Å². The summed E-state index contributed by atoms with van der Waals surface area (Å²) in [5.74, 6) is 0. The van der Waals surface area contributed by atoms with Crippen molar-refractivity contribution in [3.63, 3.8) is 0 Å². The minimum Gasteiger partial charge on any atom is -0.399 e. The van der Waals surface area contributed by atoms with Gasteiger partial charge in [0.1, 0.15) is 0 Å². The van der Waals surface area contributed by atoms with Gasteiger partial charge in [0.05, 0.1) is 0 Å². The molecular weight excluding hydrogens is 160 g/mol. The highest BCUT2D eigenvalue weighted by Crippen LogP contribution is 2.21. The Morgan fingerprint density at radius 3 is 2.92 bits per heavy atom. The molecule has 2 nitrogen and oxygen atoms in total. The predicted molar refractivity (Wildman–Crippen MR) is 55.5 cm³/mol. The highest BCUT2D eigenvalue weighted by atomic mass is 14.9. The van der Waals surface area contributed by atoms with E-state index in [1.54, 1.807) is 0 Å². The Hall–Kier alpha value is -1.02. The molecular formula is C11H16N2. The number of benzene rings is 1. The van der Waals surface area contributed by atoms with Gasteiger partial charge in [-0.05, 0) is 37.0 Å². The minimum absolute atomic E-state index is 0.765. The van der Waals surface area contributed by atoms with E-state index in [-0.39, 0.29) is 0 Å². The van der Waals surface area contributed by atoms with E-state index >= 15 is 0 Å². The van der Waals surface area contributed by atoms with Crippen LogP contribution in [0.15, 0.2) is 18.2 Å². The molecule has 1 saturated carbocycles. The van der Waals surface area contributed by atoms with Crippen LogP contribution in [0.25, 0.3) is 0 Å². The standard InChI is InChI=1S/C11H16N2/c1-8-9(3-2-4-11(8)12)7-13-10-5-6-10/h2-4,10,13H,5-7,12H2,1H3. The van der Waals surface area contributed by atoms with Crippen molar-refractivity contribution in [2.45, 2.75) is 32.4 Å². The van der Waals surface area contributed by atoms with E-state index in [4.69, 9.17) is 5.73 Å². The van der Waals surface area contributed by atoms with E-state index in [0.717, 1.165) is 18.3 Å². The molecule has 0 aromatic heterocycles. The molecule has 3 N–H and O–H groups in total. The zero-order valence-electron chi connectivity index (χ0n) is 8.01. The predicted octanol–water partition coefficient (Wildman–Crippen LogP) is 1.83. The van der Waals surface area contributed by atoms with Gasteiger partial charge in [0.25, 0.3) is 0 Å². The molecule has 0 saturated heterocycles. The second kappa shape index (κ2) is 3.38. The van der Waals surface area contributed by atoms with E-state index in [1.165, 1.54) is 24.0 Å². The van der Waals surface area contributed by atoms with Crippen LogP contribution in [0.2, 0.25) is 0 Å². The molecule has 13 heavy (non-hydrogen) atoms. The Morgan fingerprint density at radius 1 is 1.46 bits per heavy atom. The van der Waals surface area contributed by atoms with Crippen molar-refractivity contribution in [2.75, 3.05) is 5.73 Å². The second-order valence-electron chi connectivity index (χ2n) is 3.79. The number of hydrogen-bond donors (Lipinski definition) is 2. The van der Waals surface area contributed by atoms with E-state index in [9.17, 15) is 0 Å². The number of nitrogens with two attached hydrogens (primary N) is 1. The summed E-state index contributed by atoms with van der Waals surface area (Å²) < 4.78 is 0. The van der Waals surface area contributed by atoms with E-state index < -0.39 is 0 Å². The highest BCUT2D eigenvalue weighted by molar-refractivity contribution is 5.49. The maximum Gasteiger partial charge on any atom is 0.0346 e. The lowest BCUT2D eigenvalue weighted by atomic mass is 10.1. The average Bonchev–Trinajstić information content (AvgIpc) is 2.91. The van der Waals surface area contributed by atoms with E-state index in [1.807, 2.05) is 12.1 Å². The molecule has 2 heteroatoms. The van der Waals surface area contributed by atoms with Gasteiger partial charge < -0.3 is 11.1 Å². The Morgan fingerprint density at radius 2 is 2.23 bits per heavy atom. The van der Waals surface area contributed by atoms with Crippen LogP contribution in [0, 0.1) is 6.92 Å². The van der Waals surface area contributed by atoms with Crippen LogP contribution in [0.3, 0.4) is 0 Å². The van der Waals surface area contributed by atoms with Crippen LogP contribution in [0.4, 0.5) is 5.69 Å². The van der Waals surface area contributed by atoms with Crippen molar-refractivity contribution in [1.82, 2.24) is 5.32 Å². The Labute approximate surface area is 79.1 Å². The lowest BCUT2D eigenvalue weighted by molar-refractivity contribution is 0.685. The van der Waals surface area contributed by atoms with Crippen molar-refractivity contribution in [3.05, 3.63) is 29.3 Å². The summed E-state index contributed by atoms with van der Waals surface area (Å²) in [5, 5.41) is 3.49. The van der Waals surface area contributed by atoms with Gasteiger partial charge in [-0.1, -0.05) is 12.1 Å². The quantitative estimate of drug-likeness (QED) is 0.689. The lowest BCUT2D eigenvalue weighted by Crippen LogP contribution is -2.16. The minimum atomic E-state index is 0.765. The fourth-order valence-electron chi connectivity index (χ4n) is 1.44. The number of nitrogen functional groups attached to an aromatic ring is 1. The van der Waals surface area contributed by atoms with Crippen LogP contribution < -0.4 is 11.1 Å². The number of anilines is 1. The van der Waals surface area contributed by atoms with Gasteiger partial charge in [-0.3, -0.25) is 0 Å². The van der Waals surface area contributed by atoms with Crippen LogP contribution in [-0.4, -0.2) is 6.04 Å². The first-order chi connectivity index (χ1) is 6.27. The summed E-state index contributed by atoms with van der Waals surface area (Å²) in [6.07, 6.45) is 2.67. The highest BCUT2D eigenvalue weighted by Gasteiger charge is 2.20. The van der Waals surface area contributed by atoms with Crippen LogP contribution in [-0.2, 0) is 6.54 Å². The summed E-state index contributed by atoms with van der Waals surface area (Å²) in [6.45, 7) is 3.04. The molecule has 0 bridgehead atoms. The first-order valence-corrected chi connectivity index (χ1v) is 4.84. The van der Waals surface area contributed by atoms with Crippen molar-refractivity contribution >= 4 is 5.69 Å². The lowest BCUT2D eigenvalue weighted by Gasteiger charge is -2.08. The van der Waals surface area contributed by atoms with Crippen LogP contribution in [0.1, 0.15) is 24.0 Å². The van der Waals surface area contributed by atoms with Gasteiger partial charge in [-0.15, -0.1) is 0 Å². The fourth-order valence-corrected chi connectivity index (χ4v) is 1.44. The Balaban J connectivity index is 2.05. The van der Waals surface area contributed by atoms with Crippen molar-refractivity contribution in [2.24, 2.45) is 0 Å². The monoisotopic (exact) mass is 176 g/mol. The largest absolute Gasteiger partial charge is 0.399 e. The van der Waals surface area contributed by atoms with Crippen molar-refractivity contribution in [1.29, 1.82) is 0 Å². The number of rotatable bonds is 3. The van der Waals surface area contributed by atoms with Gasteiger partial charge in [-0.2, -0.15) is 0 Å². The third-order valence-electron chi connectivity index (χ3n) is 2.65. The molecule has 70 valence electrons. The molecule has 0 amide bonds. The molecule has 0 unspecified atom stereocenters. The normalized spacial score (nSPS) is 16.1. The van der Waals surface area contributed by atoms with Crippen molar-refractivity contribution in [3.8, 4) is 0 Å². The number of hydrogen-bond acceptors (Lipinski definition) is 2. The molecule has 0 aliphatic heterocycles. The summed E-state index contributed by atoms with van der Waals surface area (Å²) in [5.41, 5.74) is 9.26.